The smallest absolute Gasteiger partial charge is 0.360 e. The van der Waals surface area contributed by atoms with Crippen molar-refractivity contribution < 1.29 is 37.5 Å². The summed E-state index contributed by atoms with van der Waals surface area (Å²) < 4.78 is 45.6. The maximum atomic E-state index is 15.6. The van der Waals surface area contributed by atoms with Crippen molar-refractivity contribution in [2.75, 3.05) is 24.2 Å². The predicted molar refractivity (Wildman–Crippen MR) is 182 cm³/mol. The van der Waals surface area contributed by atoms with Gasteiger partial charge < -0.3 is 26.0 Å². The largest absolute Gasteiger partial charge is 0.390 e. The molecule has 1 aliphatic heterocycles. The highest BCUT2D eigenvalue weighted by Crippen LogP contribution is 2.32. The van der Waals surface area contributed by atoms with Crippen molar-refractivity contribution in [3.63, 3.8) is 0 Å². The monoisotopic (exact) mass is 713 g/mol. The van der Waals surface area contributed by atoms with Gasteiger partial charge in [0.15, 0.2) is 0 Å². The molecule has 0 radical (unpaired) electrons. The summed E-state index contributed by atoms with van der Waals surface area (Å²) >= 11 is 4.87. The Balaban J connectivity index is 1.85. The standard InChI is InChI=1S/C33H46F3N5O5S2/c1-5-7-8-21(11-16-47)28(40-31(45)33(35,36)25-18-37-19-48-25)29(43)38-24-10-9-22(17-23(24)34)20(3)27(39-26(42)6-2)30(44)41-14-12-32(4,46)13-15-41/h9-10,17-21,27-28,46-47H,5-8,11-16H2,1-4H3,(H,38,43)(H,39,42)(H,40,45)/t20-,21+,27+,28-/m0/s1. The summed E-state index contributed by atoms with van der Waals surface area (Å²) in [6.07, 6.45) is 3.97. The zero-order valence-electron chi connectivity index (χ0n) is 27.7. The van der Waals surface area contributed by atoms with Gasteiger partial charge in [0.05, 0.1) is 16.8 Å². The maximum Gasteiger partial charge on any atom is 0.360 e. The number of benzene rings is 1. The van der Waals surface area contributed by atoms with E-state index in [-0.39, 0.29) is 23.9 Å². The fourth-order valence-electron chi connectivity index (χ4n) is 5.62. The second kappa shape index (κ2) is 17.5. The van der Waals surface area contributed by atoms with Crippen molar-refractivity contribution in [2.24, 2.45) is 5.92 Å². The molecule has 15 heteroatoms. The highest BCUT2D eigenvalue weighted by Gasteiger charge is 2.45. The molecule has 4 atom stereocenters. The number of hydrogen-bond acceptors (Lipinski definition) is 8. The van der Waals surface area contributed by atoms with Gasteiger partial charge in [-0.2, -0.15) is 21.4 Å². The lowest BCUT2D eigenvalue weighted by Crippen LogP contribution is -2.54. The number of aliphatic hydroxyl groups is 1. The number of anilines is 1. The van der Waals surface area contributed by atoms with Crippen molar-refractivity contribution in [3.05, 3.63) is 46.2 Å². The lowest BCUT2D eigenvalue weighted by molar-refractivity contribution is -0.149. The number of piperidine rings is 1. The van der Waals surface area contributed by atoms with Crippen LogP contribution in [0.1, 0.15) is 89.0 Å². The molecule has 1 aliphatic rings. The average molecular weight is 714 g/mol. The Bertz CT molecular complexity index is 1400. The molecule has 4 N–H and O–H groups in total. The number of halogens is 3. The SMILES string of the molecule is CCCC[C@H](CCS)[C@H](NC(=O)C(F)(F)c1cncs1)C(=O)Nc1ccc([C@H](C)[C@@H](NC(=O)CC)C(=O)N2CCC(C)(O)CC2)cc1F. The van der Waals surface area contributed by atoms with E-state index < -0.39 is 58.0 Å². The van der Waals surface area contributed by atoms with Crippen LogP contribution in [-0.4, -0.2) is 75.1 Å². The van der Waals surface area contributed by atoms with Gasteiger partial charge in [0.2, 0.25) is 17.7 Å². The Labute approximate surface area is 289 Å². The van der Waals surface area contributed by atoms with Crippen LogP contribution in [0.3, 0.4) is 0 Å². The normalized spacial score (nSPS) is 17.1. The first-order chi connectivity index (χ1) is 22.6. The van der Waals surface area contributed by atoms with Gasteiger partial charge in [0, 0.05) is 31.6 Å². The molecule has 2 aromatic rings. The number of rotatable bonds is 16. The van der Waals surface area contributed by atoms with E-state index in [1.165, 1.54) is 17.6 Å². The van der Waals surface area contributed by atoms with Crippen LogP contribution in [0.15, 0.2) is 29.9 Å². The molecule has 266 valence electrons. The van der Waals surface area contributed by atoms with Crippen LogP contribution in [0.25, 0.3) is 0 Å². The number of thiazole rings is 1. The Morgan fingerprint density at radius 1 is 1.12 bits per heavy atom. The molecule has 0 spiro atoms. The summed E-state index contributed by atoms with van der Waals surface area (Å²) in [4.78, 5) is 57.0. The number of alkyl halides is 2. The zero-order chi connectivity index (χ0) is 35.6. The molecule has 0 bridgehead atoms. The van der Waals surface area contributed by atoms with Crippen LogP contribution < -0.4 is 16.0 Å². The van der Waals surface area contributed by atoms with E-state index in [4.69, 9.17) is 0 Å². The van der Waals surface area contributed by atoms with Crippen molar-refractivity contribution in [1.29, 1.82) is 0 Å². The van der Waals surface area contributed by atoms with Crippen LogP contribution >= 0.6 is 24.0 Å². The minimum Gasteiger partial charge on any atom is -0.390 e. The highest BCUT2D eigenvalue weighted by molar-refractivity contribution is 7.80. The van der Waals surface area contributed by atoms with Gasteiger partial charge in [-0.15, -0.1) is 11.3 Å². The number of amides is 4. The van der Waals surface area contributed by atoms with Crippen LogP contribution in [0, 0.1) is 11.7 Å². The third-order valence-electron chi connectivity index (χ3n) is 8.83. The summed E-state index contributed by atoms with van der Waals surface area (Å²) in [5.74, 6) is -8.95. The molecule has 1 fully saturated rings. The van der Waals surface area contributed by atoms with Gasteiger partial charge in [-0.3, -0.25) is 24.2 Å². The van der Waals surface area contributed by atoms with E-state index >= 15 is 4.39 Å². The number of nitrogens with one attached hydrogen (secondary N) is 3. The molecule has 10 nitrogen and oxygen atoms in total. The first-order valence-electron chi connectivity index (χ1n) is 16.2. The zero-order valence-corrected chi connectivity index (χ0v) is 29.4. The Kier molecular flexibility index (Phi) is 14.3. The number of carbonyl (C=O) groups is 4. The van der Waals surface area contributed by atoms with Crippen molar-refractivity contribution in [3.8, 4) is 0 Å². The fourth-order valence-corrected chi connectivity index (χ4v) is 6.55. The number of unbranched alkanes of at least 4 members (excludes halogenated alkanes) is 1. The van der Waals surface area contributed by atoms with E-state index in [1.54, 1.807) is 25.7 Å². The molecule has 4 amide bonds. The van der Waals surface area contributed by atoms with Crippen LogP contribution in [-0.2, 0) is 25.1 Å². The molecule has 1 aromatic carbocycles. The molecule has 0 aliphatic carbocycles. The first-order valence-corrected chi connectivity index (χ1v) is 17.8. The molecule has 48 heavy (non-hydrogen) atoms. The van der Waals surface area contributed by atoms with Gasteiger partial charge in [-0.05, 0) is 62.0 Å². The molecule has 1 aromatic heterocycles. The fraction of sp³-hybridized carbons (Fsp3) is 0.606. The molecule has 2 heterocycles. The summed E-state index contributed by atoms with van der Waals surface area (Å²) in [7, 11) is 0. The van der Waals surface area contributed by atoms with Gasteiger partial charge in [-0.25, -0.2) is 4.39 Å². The molecule has 0 unspecified atom stereocenters. The van der Waals surface area contributed by atoms with E-state index in [2.05, 4.69) is 33.6 Å². The number of carbonyl (C=O) groups excluding carboxylic acids is 4. The van der Waals surface area contributed by atoms with Gasteiger partial charge in [0.1, 0.15) is 22.8 Å². The minimum absolute atomic E-state index is 0.130. The van der Waals surface area contributed by atoms with Crippen molar-refractivity contribution in [1.82, 2.24) is 20.5 Å². The highest BCUT2D eigenvalue weighted by atomic mass is 32.1. The number of likely N-dealkylation sites (tertiary alicyclic amines) is 1. The van der Waals surface area contributed by atoms with E-state index in [0.717, 1.165) is 18.7 Å². The lowest BCUT2D eigenvalue weighted by atomic mass is 9.89. The van der Waals surface area contributed by atoms with Crippen molar-refractivity contribution >= 4 is 53.3 Å². The average Bonchev–Trinajstić information content (AvgIpc) is 3.61. The predicted octanol–water partition coefficient (Wildman–Crippen LogP) is 5.00. The summed E-state index contributed by atoms with van der Waals surface area (Å²) in [5, 5.41) is 17.7. The third kappa shape index (κ3) is 10.2. The Hall–Kier alpha value is -3.17. The van der Waals surface area contributed by atoms with Crippen LogP contribution in [0.5, 0.6) is 0 Å². The maximum absolute atomic E-state index is 15.6. The topological polar surface area (TPSA) is 141 Å². The number of thiol groups is 1. The second-order valence-electron chi connectivity index (χ2n) is 12.5. The van der Waals surface area contributed by atoms with Crippen molar-refractivity contribution in [2.45, 2.75) is 102 Å². The first kappa shape index (κ1) is 39.3. The van der Waals surface area contributed by atoms with Gasteiger partial charge in [-0.1, -0.05) is 39.7 Å². The van der Waals surface area contributed by atoms with Crippen LogP contribution in [0.4, 0.5) is 18.9 Å². The molecular formula is C33H46F3N5O5S2. The number of aromatic nitrogens is 1. The Morgan fingerprint density at radius 3 is 2.38 bits per heavy atom. The van der Waals surface area contributed by atoms with E-state index in [0.29, 0.717) is 67.8 Å². The summed E-state index contributed by atoms with van der Waals surface area (Å²) in [6.45, 7) is 7.57. The molecular weight excluding hydrogens is 668 g/mol. The summed E-state index contributed by atoms with van der Waals surface area (Å²) in [5.41, 5.74) is 0.409. The van der Waals surface area contributed by atoms with Gasteiger partial charge >= 0.3 is 5.92 Å². The Morgan fingerprint density at radius 2 is 1.81 bits per heavy atom. The number of nitrogens with zero attached hydrogens (tertiary/aromatic N) is 2. The van der Waals surface area contributed by atoms with Gasteiger partial charge in [0.25, 0.3) is 5.91 Å². The number of hydrogen-bond donors (Lipinski definition) is 5. The van der Waals surface area contributed by atoms with E-state index in [9.17, 15) is 33.1 Å². The molecule has 0 saturated carbocycles. The second-order valence-corrected chi connectivity index (χ2v) is 13.9. The molecule has 3 rings (SSSR count). The summed E-state index contributed by atoms with van der Waals surface area (Å²) in [6, 6.07) is 1.53. The lowest BCUT2D eigenvalue weighted by Gasteiger charge is -2.38. The third-order valence-corrected chi connectivity index (χ3v) is 9.93. The molecule has 1 saturated heterocycles. The quantitative estimate of drug-likeness (QED) is 0.155. The van der Waals surface area contributed by atoms with E-state index in [1.807, 2.05) is 6.92 Å². The van der Waals surface area contributed by atoms with Crippen LogP contribution in [0.2, 0.25) is 0 Å². The minimum atomic E-state index is -3.94.